The van der Waals surface area contributed by atoms with Gasteiger partial charge in [0.05, 0.1) is 32.7 Å². The molecule has 28 heavy (non-hydrogen) atoms. The Morgan fingerprint density at radius 3 is 2.61 bits per heavy atom. The minimum absolute atomic E-state index is 0.117. The first-order chi connectivity index (χ1) is 13.3. The molecule has 0 bridgehead atoms. The average molecular weight is 412 g/mol. The van der Waals surface area contributed by atoms with Crippen LogP contribution in [0.15, 0.2) is 23.3 Å². The van der Waals surface area contributed by atoms with Crippen molar-refractivity contribution in [3.8, 4) is 11.5 Å². The van der Waals surface area contributed by atoms with Gasteiger partial charge in [-0.05, 0) is 43.5 Å². The Bertz CT molecular complexity index is 789. The van der Waals surface area contributed by atoms with Crippen LogP contribution in [0.1, 0.15) is 44.6 Å². The molecule has 9 heteroatoms. The summed E-state index contributed by atoms with van der Waals surface area (Å²) in [6.45, 7) is 2.18. The highest BCUT2D eigenvalue weighted by Crippen LogP contribution is 2.27. The van der Waals surface area contributed by atoms with E-state index < -0.39 is 15.9 Å². The van der Waals surface area contributed by atoms with Crippen LogP contribution < -0.4 is 14.9 Å². The molecule has 0 atom stereocenters. The van der Waals surface area contributed by atoms with E-state index in [9.17, 15) is 13.2 Å². The van der Waals surface area contributed by atoms with E-state index in [-0.39, 0.29) is 12.6 Å². The van der Waals surface area contributed by atoms with E-state index in [1.54, 1.807) is 25.3 Å². The molecule has 1 saturated carbocycles. The first kappa shape index (κ1) is 22.2. The topological polar surface area (TPSA) is 97.3 Å². The van der Waals surface area contributed by atoms with Gasteiger partial charge in [-0.1, -0.05) is 19.3 Å². The molecule has 0 spiro atoms. The highest BCUT2D eigenvalue weighted by Gasteiger charge is 2.29. The quantitative estimate of drug-likeness (QED) is 0.496. The fourth-order valence-corrected chi connectivity index (χ4v) is 4.39. The summed E-state index contributed by atoms with van der Waals surface area (Å²) in [5.41, 5.74) is 3.12. The number of carbonyl (C=O) groups is 1. The number of hydrogen-bond acceptors (Lipinski definition) is 6. The van der Waals surface area contributed by atoms with Crippen LogP contribution in [0.5, 0.6) is 11.5 Å². The zero-order chi connectivity index (χ0) is 20.6. The van der Waals surface area contributed by atoms with Crippen LogP contribution >= 0.6 is 0 Å². The third-order valence-corrected chi connectivity index (χ3v) is 5.88. The lowest BCUT2D eigenvalue weighted by Crippen LogP contribution is -2.45. The Hall–Kier alpha value is -2.13. The molecule has 1 aromatic carbocycles. The van der Waals surface area contributed by atoms with E-state index in [0.29, 0.717) is 23.7 Å². The van der Waals surface area contributed by atoms with Crippen molar-refractivity contribution in [3.63, 3.8) is 0 Å². The molecule has 0 unspecified atom stereocenters. The second-order valence-corrected chi connectivity index (χ2v) is 8.67. The van der Waals surface area contributed by atoms with Crippen LogP contribution in [0, 0.1) is 0 Å². The molecule has 1 fully saturated rings. The zero-order valence-electron chi connectivity index (χ0n) is 16.7. The van der Waals surface area contributed by atoms with Crippen LogP contribution in [0.2, 0.25) is 0 Å². The molecule has 1 aromatic rings. The van der Waals surface area contributed by atoms with E-state index in [2.05, 4.69) is 10.5 Å². The SMILES string of the molecule is CCOc1ccc(/C=N/NC(=O)CN(C2CCCCC2)S(C)(=O)=O)cc1OC. The molecule has 0 heterocycles. The van der Waals surface area contributed by atoms with Crippen molar-refractivity contribution in [2.24, 2.45) is 5.10 Å². The van der Waals surface area contributed by atoms with Gasteiger partial charge in [0.15, 0.2) is 11.5 Å². The van der Waals surface area contributed by atoms with Crippen molar-refractivity contribution in [1.82, 2.24) is 9.73 Å². The zero-order valence-corrected chi connectivity index (χ0v) is 17.5. The van der Waals surface area contributed by atoms with Crippen LogP contribution in [0.4, 0.5) is 0 Å². The van der Waals surface area contributed by atoms with E-state index in [1.165, 1.54) is 10.5 Å². The molecule has 2 rings (SSSR count). The maximum Gasteiger partial charge on any atom is 0.255 e. The first-order valence-electron chi connectivity index (χ1n) is 9.44. The van der Waals surface area contributed by atoms with Gasteiger partial charge in [0.25, 0.3) is 5.91 Å². The molecule has 1 amide bonds. The summed E-state index contributed by atoms with van der Waals surface area (Å²) >= 11 is 0. The molecule has 0 saturated heterocycles. The Kier molecular flexibility index (Phi) is 8.25. The van der Waals surface area contributed by atoms with Crippen LogP contribution in [-0.4, -0.2) is 57.4 Å². The molecular weight excluding hydrogens is 382 g/mol. The maximum absolute atomic E-state index is 12.2. The van der Waals surface area contributed by atoms with Crippen molar-refractivity contribution in [2.45, 2.75) is 45.1 Å². The lowest BCUT2D eigenvalue weighted by atomic mass is 9.95. The lowest BCUT2D eigenvalue weighted by Gasteiger charge is -2.31. The number of hydrazone groups is 1. The maximum atomic E-state index is 12.2. The van der Waals surface area contributed by atoms with Gasteiger partial charge < -0.3 is 9.47 Å². The Morgan fingerprint density at radius 1 is 1.29 bits per heavy atom. The van der Waals surface area contributed by atoms with Crippen molar-refractivity contribution < 1.29 is 22.7 Å². The first-order valence-corrected chi connectivity index (χ1v) is 11.3. The van der Waals surface area contributed by atoms with E-state index in [0.717, 1.165) is 38.4 Å². The third kappa shape index (κ3) is 6.49. The summed E-state index contributed by atoms with van der Waals surface area (Å²) in [7, 11) is -1.92. The summed E-state index contributed by atoms with van der Waals surface area (Å²) in [6.07, 6.45) is 7.26. The summed E-state index contributed by atoms with van der Waals surface area (Å²) in [4.78, 5) is 12.2. The Balaban J connectivity index is 1.98. The number of amides is 1. The summed E-state index contributed by atoms with van der Waals surface area (Å²) < 4.78 is 36.2. The number of methoxy groups -OCH3 is 1. The number of ether oxygens (including phenoxy) is 2. The summed E-state index contributed by atoms with van der Waals surface area (Å²) in [6, 6.07) is 5.17. The second kappa shape index (κ2) is 10.4. The number of sulfonamides is 1. The molecule has 8 nitrogen and oxygen atoms in total. The van der Waals surface area contributed by atoms with Crippen molar-refractivity contribution in [3.05, 3.63) is 23.8 Å². The molecule has 1 aliphatic rings. The Morgan fingerprint density at radius 2 is 2.00 bits per heavy atom. The molecule has 156 valence electrons. The van der Waals surface area contributed by atoms with Crippen LogP contribution in [0.3, 0.4) is 0 Å². The predicted octanol–water partition coefficient (Wildman–Crippen LogP) is 2.14. The minimum atomic E-state index is -3.47. The average Bonchev–Trinajstić information content (AvgIpc) is 2.67. The molecule has 0 radical (unpaired) electrons. The Labute approximate surface area is 166 Å². The predicted molar refractivity (Wildman–Crippen MR) is 108 cm³/mol. The summed E-state index contributed by atoms with van der Waals surface area (Å²) in [5.74, 6) is 0.727. The number of hydrogen-bond donors (Lipinski definition) is 1. The third-order valence-electron chi connectivity index (χ3n) is 4.60. The van der Waals surface area contributed by atoms with Gasteiger partial charge in [0.2, 0.25) is 10.0 Å². The van der Waals surface area contributed by atoms with Gasteiger partial charge >= 0.3 is 0 Å². The van der Waals surface area contributed by atoms with Gasteiger partial charge in [-0.2, -0.15) is 9.41 Å². The number of nitrogens with zero attached hydrogens (tertiary/aromatic N) is 2. The van der Waals surface area contributed by atoms with Crippen molar-refractivity contribution >= 4 is 22.1 Å². The van der Waals surface area contributed by atoms with Gasteiger partial charge in [-0.25, -0.2) is 13.8 Å². The van der Waals surface area contributed by atoms with Crippen LogP contribution in [-0.2, 0) is 14.8 Å². The van der Waals surface area contributed by atoms with Crippen LogP contribution in [0.25, 0.3) is 0 Å². The number of nitrogens with one attached hydrogen (secondary N) is 1. The van der Waals surface area contributed by atoms with E-state index >= 15 is 0 Å². The normalized spacial score (nSPS) is 15.7. The number of carbonyl (C=O) groups excluding carboxylic acids is 1. The highest BCUT2D eigenvalue weighted by atomic mass is 32.2. The van der Waals surface area contributed by atoms with Crippen molar-refractivity contribution in [2.75, 3.05) is 26.5 Å². The lowest BCUT2D eigenvalue weighted by molar-refractivity contribution is -0.121. The monoisotopic (exact) mass is 411 g/mol. The molecular formula is C19H29N3O5S. The smallest absolute Gasteiger partial charge is 0.255 e. The molecule has 1 N–H and O–H groups in total. The molecule has 1 aliphatic carbocycles. The summed E-state index contributed by atoms with van der Waals surface area (Å²) in [5, 5.41) is 3.93. The van der Waals surface area contributed by atoms with Gasteiger partial charge in [0.1, 0.15) is 0 Å². The minimum Gasteiger partial charge on any atom is -0.493 e. The van der Waals surface area contributed by atoms with E-state index in [4.69, 9.17) is 9.47 Å². The standard InChI is InChI=1S/C19H29N3O5S/c1-4-27-17-11-10-15(12-18(17)26-2)13-20-21-19(23)14-22(28(3,24)25)16-8-6-5-7-9-16/h10-13,16H,4-9,14H2,1-3H3,(H,21,23)/b20-13+. The number of rotatable bonds is 9. The largest absolute Gasteiger partial charge is 0.493 e. The molecule has 0 aromatic heterocycles. The number of benzene rings is 1. The van der Waals surface area contributed by atoms with Crippen molar-refractivity contribution in [1.29, 1.82) is 0 Å². The highest BCUT2D eigenvalue weighted by molar-refractivity contribution is 7.88. The molecule has 0 aliphatic heterocycles. The van der Waals surface area contributed by atoms with Gasteiger partial charge in [-0.3, -0.25) is 4.79 Å². The van der Waals surface area contributed by atoms with Gasteiger partial charge in [-0.15, -0.1) is 0 Å². The second-order valence-electron chi connectivity index (χ2n) is 6.74. The fourth-order valence-electron chi connectivity index (χ4n) is 3.28. The van der Waals surface area contributed by atoms with Gasteiger partial charge in [0, 0.05) is 6.04 Å². The fraction of sp³-hybridized carbons (Fsp3) is 0.579. The van der Waals surface area contributed by atoms with E-state index in [1.807, 2.05) is 6.92 Å².